The average molecular weight is 298 g/mol. The molecule has 22 heavy (non-hydrogen) atoms. The fourth-order valence-electron chi connectivity index (χ4n) is 2.30. The van der Waals surface area contributed by atoms with Gasteiger partial charge >= 0.3 is 11.7 Å². The molecule has 0 saturated heterocycles. The molecule has 4 nitrogen and oxygen atoms in total. The molecule has 0 amide bonds. The van der Waals surface area contributed by atoms with E-state index in [2.05, 4.69) is 29.3 Å². The first-order valence-corrected chi connectivity index (χ1v) is 7.60. The third-order valence-electron chi connectivity index (χ3n) is 3.57. The molecule has 0 fully saturated rings. The molecule has 0 unspecified atom stereocenters. The van der Waals surface area contributed by atoms with Gasteiger partial charge < -0.3 is 4.74 Å². The number of nitrogens with zero attached hydrogens (tertiary/aromatic N) is 3. The highest BCUT2D eigenvalue weighted by atomic mass is 16.5. The minimum Gasteiger partial charge on any atom is -0.475 e. The Bertz CT molecular complexity index is 653. The van der Waals surface area contributed by atoms with E-state index in [-0.39, 0.29) is 0 Å². The van der Waals surface area contributed by atoms with Crippen LogP contribution >= 0.6 is 0 Å². The van der Waals surface area contributed by atoms with Crippen LogP contribution in [0.15, 0.2) is 48.2 Å². The molecule has 0 saturated carbocycles. The van der Waals surface area contributed by atoms with Crippen molar-refractivity contribution >= 4 is 17.7 Å². The lowest BCUT2D eigenvalue weighted by molar-refractivity contribution is -0.672. The van der Waals surface area contributed by atoms with Crippen LogP contribution in [0, 0.1) is 0 Å². The van der Waals surface area contributed by atoms with Crippen molar-refractivity contribution in [2.45, 2.75) is 26.3 Å². The van der Waals surface area contributed by atoms with Gasteiger partial charge in [-0.1, -0.05) is 38.1 Å². The van der Waals surface area contributed by atoms with Gasteiger partial charge in [-0.2, -0.15) is 0 Å². The highest BCUT2D eigenvalue weighted by Gasteiger charge is 2.22. The maximum absolute atomic E-state index is 5.54. The van der Waals surface area contributed by atoms with Crippen LogP contribution in [-0.4, -0.2) is 17.6 Å². The quantitative estimate of drug-likeness (QED) is 0.456. The monoisotopic (exact) mass is 298 g/mol. The van der Waals surface area contributed by atoms with Crippen molar-refractivity contribution in [3.8, 4) is 0 Å². The number of rotatable bonds is 6. The molecule has 0 radical (unpaired) electrons. The van der Waals surface area contributed by atoms with Crippen molar-refractivity contribution < 1.29 is 9.30 Å². The summed E-state index contributed by atoms with van der Waals surface area (Å²) in [4.78, 5) is 4.64. The summed E-state index contributed by atoms with van der Waals surface area (Å²) >= 11 is 0. The molecular weight excluding hydrogens is 274 g/mol. The Morgan fingerprint density at radius 1 is 1.36 bits per heavy atom. The second-order valence-electron chi connectivity index (χ2n) is 5.20. The Labute approximate surface area is 132 Å². The van der Waals surface area contributed by atoms with E-state index in [1.54, 1.807) is 7.11 Å². The molecule has 0 aliphatic heterocycles. The summed E-state index contributed by atoms with van der Waals surface area (Å²) in [6, 6.07) is 7.93. The lowest BCUT2D eigenvalue weighted by Crippen LogP contribution is -2.36. The Balaban J connectivity index is 2.36. The standard InChI is InChI=1S/C18H24N3O/c1-5-7-12-21-14-13-20(3)18(21)17(22-4)19-16-10-8-15(6-2)9-11-16/h6,8-11,13-14H,2,5,7,12H2,1,3-4H3/q+1/b19-17-. The first-order valence-electron chi connectivity index (χ1n) is 7.60. The molecule has 2 rings (SSSR count). The summed E-state index contributed by atoms with van der Waals surface area (Å²) < 4.78 is 9.77. The third-order valence-corrected chi connectivity index (χ3v) is 3.57. The average Bonchev–Trinajstić information content (AvgIpc) is 2.92. The fourth-order valence-corrected chi connectivity index (χ4v) is 2.30. The highest BCUT2D eigenvalue weighted by Crippen LogP contribution is 2.15. The minimum atomic E-state index is 0.620. The van der Waals surface area contributed by atoms with Crippen LogP contribution in [0.4, 0.5) is 5.69 Å². The maximum atomic E-state index is 5.54. The fraction of sp³-hybridized carbons (Fsp3) is 0.333. The SMILES string of the molecule is C=Cc1ccc(/N=C(\OC)c2n(CCCC)cc[n+]2C)cc1. The van der Waals surface area contributed by atoms with Gasteiger partial charge in [0.2, 0.25) is 0 Å². The number of ether oxygens (including phenoxy) is 1. The van der Waals surface area contributed by atoms with E-state index in [0.29, 0.717) is 5.90 Å². The zero-order valence-electron chi connectivity index (χ0n) is 13.6. The molecule has 4 heteroatoms. The number of methoxy groups -OCH3 is 1. The number of aryl methyl sites for hydroxylation is 2. The summed E-state index contributed by atoms with van der Waals surface area (Å²) in [5.41, 5.74) is 1.94. The van der Waals surface area contributed by atoms with E-state index in [1.807, 2.05) is 48.2 Å². The van der Waals surface area contributed by atoms with Crippen molar-refractivity contribution in [1.29, 1.82) is 0 Å². The summed E-state index contributed by atoms with van der Waals surface area (Å²) in [5, 5.41) is 0. The van der Waals surface area contributed by atoms with E-state index in [0.717, 1.165) is 36.5 Å². The van der Waals surface area contributed by atoms with Crippen molar-refractivity contribution in [1.82, 2.24) is 4.57 Å². The largest absolute Gasteiger partial charge is 0.475 e. The topological polar surface area (TPSA) is 30.4 Å². The van der Waals surface area contributed by atoms with Gasteiger partial charge in [0.15, 0.2) is 0 Å². The summed E-state index contributed by atoms with van der Waals surface area (Å²) in [7, 11) is 3.67. The molecule has 1 aromatic heterocycles. The van der Waals surface area contributed by atoms with Crippen LogP contribution in [0.1, 0.15) is 31.2 Å². The highest BCUT2D eigenvalue weighted by molar-refractivity contribution is 5.91. The number of aromatic nitrogens is 2. The third kappa shape index (κ3) is 3.64. The zero-order valence-corrected chi connectivity index (χ0v) is 13.6. The molecule has 0 atom stereocenters. The van der Waals surface area contributed by atoms with E-state index in [4.69, 9.17) is 4.74 Å². The van der Waals surface area contributed by atoms with Crippen LogP contribution in [0.3, 0.4) is 0 Å². The van der Waals surface area contributed by atoms with Crippen LogP contribution in [0.2, 0.25) is 0 Å². The summed E-state index contributed by atoms with van der Waals surface area (Å²) in [5.74, 6) is 1.60. The molecule has 0 N–H and O–H groups in total. The number of hydrogen-bond acceptors (Lipinski definition) is 2. The second-order valence-corrected chi connectivity index (χ2v) is 5.20. The lowest BCUT2D eigenvalue weighted by Gasteiger charge is -2.05. The van der Waals surface area contributed by atoms with E-state index in [9.17, 15) is 0 Å². The first-order chi connectivity index (χ1) is 10.7. The predicted octanol–water partition coefficient (Wildman–Crippen LogP) is 3.48. The van der Waals surface area contributed by atoms with Crippen LogP contribution in [0.25, 0.3) is 6.08 Å². The van der Waals surface area contributed by atoms with E-state index < -0.39 is 0 Å². The van der Waals surface area contributed by atoms with Gasteiger partial charge in [0.05, 0.1) is 26.4 Å². The number of aliphatic imine (C=N–C) groups is 1. The van der Waals surface area contributed by atoms with Gasteiger partial charge in [0, 0.05) is 0 Å². The van der Waals surface area contributed by atoms with Gasteiger partial charge in [0.1, 0.15) is 12.4 Å². The molecule has 1 heterocycles. The van der Waals surface area contributed by atoms with Crippen molar-refractivity contribution in [2.24, 2.45) is 12.0 Å². The van der Waals surface area contributed by atoms with Gasteiger partial charge in [0.25, 0.3) is 0 Å². The van der Waals surface area contributed by atoms with Crippen LogP contribution in [0.5, 0.6) is 0 Å². The number of imidazole rings is 1. The molecule has 116 valence electrons. The van der Waals surface area contributed by atoms with Crippen molar-refractivity contribution in [2.75, 3.05) is 7.11 Å². The summed E-state index contributed by atoms with van der Waals surface area (Å²) in [6.07, 6.45) is 8.21. The lowest BCUT2D eigenvalue weighted by atomic mass is 10.2. The second kappa shape index (κ2) is 7.59. The van der Waals surface area contributed by atoms with Crippen molar-refractivity contribution in [3.63, 3.8) is 0 Å². The number of unbranched alkanes of at least 4 members (excludes halogenated alkanes) is 1. The summed E-state index contributed by atoms with van der Waals surface area (Å²) in [6.45, 7) is 6.92. The number of hydrogen-bond donors (Lipinski definition) is 0. The smallest absolute Gasteiger partial charge is 0.345 e. The van der Waals surface area contributed by atoms with Gasteiger partial charge in [-0.05, 0) is 24.1 Å². The Morgan fingerprint density at radius 3 is 2.68 bits per heavy atom. The molecule has 0 bridgehead atoms. The molecule has 0 aliphatic carbocycles. The van der Waals surface area contributed by atoms with Crippen molar-refractivity contribution in [3.05, 3.63) is 54.6 Å². The van der Waals surface area contributed by atoms with Gasteiger partial charge in [-0.15, -0.1) is 0 Å². The minimum absolute atomic E-state index is 0.620. The van der Waals surface area contributed by atoms with Gasteiger partial charge in [-0.25, -0.2) is 14.1 Å². The first kappa shape index (κ1) is 16.0. The molecule has 1 aromatic carbocycles. The number of benzene rings is 1. The maximum Gasteiger partial charge on any atom is 0.345 e. The van der Waals surface area contributed by atoms with Crippen LogP contribution < -0.4 is 4.57 Å². The zero-order chi connectivity index (χ0) is 15.9. The Hall–Kier alpha value is -2.36. The predicted molar refractivity (Wildman–Crippen MR) is 90.3 cm³/mol. The van der Waals surface area contributed by atoms with E-state index in [1.165, 1.54) is 0 Å². The molecular formula is C18H24N3O+. The van der Waals surface area contributed by atoms with Crippen LogP contribution in [-0.2, 0) is 18.3 Å². The van der Waals surface area contributed by atoms with E-state index >= 15 is 0 Å². The molecule has 0 aliphatic rings. The normalized spacial score (nSPS) is 11.5. The molecule has 2 aromatic rings. The Morgan fingerprint density at radius 2 is 2.09 bits per heavy atom. The Kier molecular flexibility index (Phi) is 5.53. The molecule has 0 spiro atoms. The van der Waals surface area contributed by atoms with Gasteiger partial charge in [-0.3, -0.25) is 0 Å².